The molecule has 0 unspecified atom stereocenters. The highest BCUT2D eigenvalue weighted by atomic mass is 32.1. The Bertz CT molecular complexity index is 1270. The molecule has 0 atom stereocenters. The van der Waals surface area contributed by atoms with E-state index < -0.39 is 12.1 Å². The molecule has 2 N–H and O–H groups in total. The van der Waals surface area contributed by atoms with Crippen molar-refractivity contribution in [1.82, 2.24) is 4.37 Å². The summed E-state index contributed by atoms with van der Waals surface area (Å²) in [5.41, 5.74) is 5.75. The van der Waals surface area contributed by atoms with Crippen LogP contribution in [0.4, 0.5) is 10.5 Å². The van der Waals surface area contributed by atoms with Crippen molar-refractivity contribution in [2.75, 3.05) is 11.9 Å². The number of rotatable bonds is 5. The minimum atomic E-state index is -1.15. The van der Waals surface area contributed by atoms with E-state index in [4.69, 9.17) is 4.74 Å². The molecule has 7 heteroatoms. The summed E-state index contributed by atoms with van der Waals surface area (Å²) in [5, 5.41) is 12.2. The summed E-state index contributed by atoms with van der Waals surface area (Å²) in [6.07, 6.45) is -0.716. The molecular formula is C25H18N2O4S. The summed E-state index contributed by atoms with van der Waals surface area (Å²) in [6.45, 7) is 0.139. The van der Waals surface area contributed by atoms with Crippen molar-refractivity contribution >= 4 is 29.3 Å². The number of anilines is 1. The molecule has 1 aliphatic carbocycles. The largest absolute Gasteiger partial charge is 0.477 e. The SMILES string of the molecule is O=C(Nc1c(-c2ccccc2)nsc1C(=O)O)OCC1c2ccccc2-c2ccccc21. The zero-order valence-electron chi connectivity index (χ0n) is 16.8. The fourth-order valence-corrected chi connectivity index (χ4v) is 4.78. The fourth-order valence-electron chi connectivity index (χ4n) is 4.08. The minimum absolute atomic E-state index is 0.0441. The fraction of sp³-hybridized carbons (Fsp3) is 0.0800. The van der Waals surface area contributed by atoms with Crippen molar-refractivity contribution in [2.24, 2.45) is 0 Å². The molecule has 32 heavy (non-hydrogen) atoms. The second kappa shape index (κ2) is 8.28. The van der Waals surface area contributed by atoms with Gasteiger partial charge in [0.15, 0.2) is 4.88 Å². The van der Waals surface area contributed by atoms with Gasteiger partial charge in [-0.25, -0.2) is 9.59 Å². The Morgan fingerprint density at radius 3 is 2.12 bits per heavy atom. The van der Waals surface area contributed by atoms with Gasteiger partial charge >= 0.3 is 12.1 Å². The van der Waals surface area contributed by atoms with Crippen molar-refractivity contribution < 1.29 is 19.4 Å². The number of nitrogens with zero attached hydrogens (tertiary/aromatic N) is 1. The van der Waals surface area contributed by atoms with Gasteiger partial charge < -0.3 is 9.84 Å². The number of carbonyl (C=O) groups excluding carboxylic acids is 1. The van der Waals surface area contributed by atoms with E-state index in [-0.39, 0.29) is 23.1 Å². The zero-order valence-corrected chi connectivity index (χ0v) is 17.6. The molecule has 1 aliphatic rings. The van der Waals surface area contributed by atoms with Gasteiger partial charge in [0.1, 0.15) is 12.3 Å². The number of ether oxygens (including phenoxy) is 1. The predicted molar refractivity (Wildman–Crippen MR) is 123 cm³/mol. The Labute approximate surface area is 188 Å². The lowest BCUT2D eigenvalue weighted by Crippen LogP contribution is -2.19. The first-order valence-corrected chi connectivity index (χ1v) is 10.8. The molecule has 0 fully saturated rings. The van der Waals surface area contributed by atoms with E-state index in [1.54, 1.807) is 0 Å². The Morgan fingerprint density at radius 2 is 1.50 bits per heavy atom. The van der Waals surface area contributed by atoms with E-state index in [2.05, 4.69) is 21.8 Å². The van der Waals surface area contributed by atoms with Crippen LogP contribution in [-0.4, -0.2) is 28.1 Å². The first-order valence-electron chi connectivity index (χ1n) is 10.0. The molecule has 6 nitrogen and oxygen atoms in total. The van der Waals surface area contributed by atoms with Gasteiger partial charge in [0.05, 0.1) is 5.69 Å². The van der Waals surface area contributed by atoms with Crippen molar-refractivity contribution in [2.45, 2.75) is 5.92 Å². The van der Waals surface area contributed by atoms with E-state index in [0.717, 1.165) is 33.8 Å². The molecule has 0 saturated carbocycles. The summed E-state index contributed by atoms with van der Waals surface area (Å²) in [7, 11) is 0. The lowest BCUT2D eigenvalue weighted by molar-refractivity contribution is 0.0703. The topological polar surface area (TPSA) is 88.5 Å². The van der Waals surface area contributed by atoms with Crippen LogP contribution in [0, 0.1) is 0 Å². The molecule has 158 valence electrons. The van der Waals surface area contributed by atoms with Crippen molar-refractivity contribution in [3.63, 3.8) is 0 Å². The number of nitrogens with one attached hydrogen (secondary N) is 1. The summed E-state index contributed by atoms with van der Waals surface area (Å²) >= 11 is 0.826. The third-order valence-electron chi connectivity index (χ3n) is 5.50. The van der Waals surface area contributed by atoms with Gasteiger partial charge in [-0.1, -0.05) is 78.9 Å². The van der Waals surface area contributed by atoms with Crippen LogP contribution in [0.25, 0.3) is 22.4 Å². The van der Waals surface area contributed by atoms with Crippen molar-refractivity contribution in [3.8, 4) is 22.4 Å². The summed E-state index contributed by atoms with van der Waals surface area (Å²) in [4.78, 5) is 24.3. The summed E-state index contributed by atoms with van der Waals surface area (Å²) in [6, 6.07) is 25.3. The first-order chi connectivity index (χ1) is 15.6. The number of aromatic nitrogens is 1. The lowest BCUT2D eigenvalue weighted by Gasteiger charge is -2.15. The molecule has 3 aromatic carbocycles. The standard InChI is InChI=1S/C25H18N2O4S/c28-24(29)23-22(21(27-32-23)15-8-2-1-3-9-15)26-25(30)31-14-20-18-12-6-4-10-16(18)17-11-5-7-13-19(17)20/h1-13,20H,14H2,(H,26,30)(H,28,29). The Hall–Kier alpha value is -3.97. The number of fused-ring (bicyclic) bond motifs is 3. The van der Waals surface area contributed by atoms with E-state index >= 15 is 0 Å². The maximum Gasteiger partial charge on any atom is 0.411 e. The number of amides is 1. The molecule has 1 heterocycles. The molecule has 1 amide bonds. The summed E-state index contributed by atoms with van der Waals surface area (Å²) in [5.74, 6) is -1.24. The van der Waals surface area contributed by atoms with Gasteiger partial charge in [0, 0.05) is 11.5 Å². The molecule has 0 radical (unpaired) electrons. The number of aromatic carboxylic acids is 1. The third-order valence-corrected chi connectivity index (χ3v) is 6.34. The van der Waals surface area contributed by atoms with Crippen LogP contribution in [0.1, 0.15) is 26.7 Å². The maximum absolute atomic E-state index is 12.7. The normalized spacial score (nSPS) is 12.1. The van der Waals surface area contributed by atoms with Gasteiger partial charge in [-0.3, -0.25) is 5.32 Å². The second-order valence-corrected chi connectivity index (χ2v) is 8.13. The maximum atomic E-state index is 12.7. The highest BCUT2D eigenvalue weighted by molar-refractivity contribution is 7.09. The van der Waals surface area contributed by atoms with E-state index in [1.165, 1.54) is 0 Å². The van der Waals surface area contributed by atoms with Crippen LogP contribution in [0.2, 0.25) is 0 Å². The monoisotopic (exact) mass is 442 g/mol. The average Bonchev–Trinajstić information content (AvgIpc) is 3.38. The predicted octanol–water partition coefficient (Wildman–Crippen LogP) is 5.87. The number of hydrogen-bond donors (Lipinski definition) is 2. The third kappa shape index (κ3) is 3.52. The Balaban J connectivity index is 1.38. The number of carboxylic acids is 1. The van der Waals surface area contributed by atoms with Crippen LogP contribution in [-0.2, 0) is 4.74 Å². The zero-order chi connectivity index (χ0) is 22.1. The molecule has 1 aromatic heterocycles. The quantitative estimate of drug-likeness (QED) is 0.404. The molecular weight excluding hydrogens is 424 g/mol. The molecule has 5 rings (SSSR count). The summed E-state index contributed by atoms with van der Waals surface area (Å²) < 4.78 is 9.82. The average molecular weight is 442 g/mol. The van der Waals surface area contributed by atoms with Crippen LogP contribution in [0.5, 0.6) is 0 Å². The van der Waals surface area contributed by atoms with Crippen molar-refractivity contribution in [3.05, 3.63) is 94.9 Å². The smallest absolute Gasteiger partial charge is 0.411 e. The molecule has 4 aromatic rings. The van der Waals surface area contributed by atoms with E-state index in [1.807, 2.05) is 66.7 Å². The van der Waals surface area contributed by atoms with Crippen LogP contribution in [0.3, 0.4) is 0 Å². The molecule has 0 bridgehead atoms. The second-order valence-electron chi connectivity index (χ2n) is 7.36. The highest BCUT2D eigenvalue weighted by Crippen LogP contribution is 2.44. The van der Waals surface area contributed by atoms with Gasteiger partial charge in [-0.05, 0) is 33.8 Å². The number of carbonyl (C=O) groups is 2. The van der Waals surface area contributed by atoms with Crippen molar-refractivity contribution in [1.29, 1.82) is 0 Å². The van der Waals surface area contributed by atoms with Crippen LogP contribution >= 0.6 is 11.5 Å². The first kappa shape index (κ1) is 20.0. The number of carboxylic acid groups (broad SMARTS) is 1. The molecule has 0 aliphatic heterocycles. The Kier molecular flexibility index (Phi) is 5.17. The van der Waals surface area contributed by atoms with E-state index in [9.17, 15) is 14.7 Å². The molecule has 0 spiro atoms. The van der Waals surface area contributed by atoms with Gasteiger partial charge in [-0.2, -0.15) is 4.37 Å². The molecule has 0 saturated heterocycles. The minimum Gasteiger partial charge on any atom is -0.477 e. The number of benzene rings is 3. The van der Waals surface area contributed by atoms with E-state index in [0.29, 0.717) is 11.3 Å². The van der Waals surface area contributed by atoms with Gasteiger partial charge in [0.2, 0.25) is 0 Å². The highest BCUT2D eigenvalue weighted by Gasteiger charge is 2.29. The van der Waals surface area contributed by atoms with Crippen LogP contribution < -0.4 is 5.32 Å². The number of hydrogen-bond acceptors (Lipinski definition) is 5. The van der Waals surface area contributed by atoms with Crippen LogP contribution in [0.15, 0.2) is 78.9 Å². The van der Waals surface area contributed by atoms with Gasteiger partial charge in [-0.15, -0.1) is 0 Å². The Morgan fingerprint density at radius 1 is 0.906 bits per heavy atom. The van der Waals surface area contributed by atoms with Gasteiger partial charge in [0.25, 0.3) is 0 Å². The lowest BCUT2D eigenvalue weighted by atomic mass is 9.98.